The Balaban J connectivity index is 1.98. The molecule has 0 amide bonds. The lowest BCUT2D eigenvalue weighted by Gasteiger charge is -2.36. The Morgan fingerprint density at radius 2 is 1.62 bits per heavy atom. The molecule has 2 heterocycles. The lowest BCUT2D eigenvalue weighted by atomic mass is 10.4. The molecule has 0 aromatic carbocycles. The zero-order valence-corrected chi connectivity index (χ0v) is 9.04. The van der Waals surface area contributed by atoms with Crippen molar-refractivity contribution in [2.24, 2.45) is 0 Å². The van der Waals surface area contributed by atoms with Crippen LogP contribution in [0.5, 0.6) is 0 Å². The van der Waals surface area contributed by atoms with Crippen molar-refractivity contribution < 1.29 is 4.57 Å². The standard InChI is InChI=1S/C9H17N2OP/c1-10-4-6-11(7-5-10)13(12)8-2-3-9-13/h2-3H,4-9H2,1H3. The zero-order valence-electron chi connectivity index (χ0n) is 8.15. The summed E-state index contributed by atoms with van der Waals surface area (Å²) in [5, 5.41) is 0. The first-order valence-electron chi connectivity index (χ1n) is 4.88. The van der Waals surface area contributed by atoms with Gasteiger partial charge in [0.2, 0.25) is 0 Å². The molecule has 1 fully saturated rings. The quantitative estimate of drug-likeness (QED) is 0.467. The summed E-state index contributed by atoms with van der Waals surface area (Å²) in [4.78, 5) is 2.30. The van der Waals surface area contributed by atoms with Gasteiger partial charge in [0.05, 0.1) is 0 Å². The van der Waals surface area contributed by atoms with Gasteiger partial charge in [0.1, 0.15) is 0 Å². The molecule has 1 saturated heterocycles. The van der Waals surface area contributed by atoms with Gasteiger partial charge in [0, 0.05) is 38.5 Å². The molecule has 0 radical (unpaired) electrons. The molecule has 3 nitrogen and oxygen atoms in total. The lowest BCUT2D eigenvalue weighted by Crippen LogP contribution is -2.42. The number of rotatable bonds is 1. The molecule has 0 aliphatic carbocycles. The summed E-state index contributed by atoms with van der Waals surface area (Å²) >= 11 is 0. The van der Waals surface area contributed by atoms with E-state index < -0.39 is 7.29 Å². The number of nitrogens with zero attached hydrogens (tertiary/aromatic N) is 2. The average molecular weight is 200 g/mol. The van der Waals surface area contributed by atoms with Gasteiger partial charge in [-0.25, -0.2) is 0 Å². The highest BCUT2D eigenvalue weighted by molar-refractivity contribution is 7.62. The van der Waals surface area contributed by atoms with E-state index in [1.54, 1.807) is 0 Å². The second kappa shape index (κ2) is 3.56. The predicted octanol–water partition coefficient (Wildman–Crippen LogP) is 1.08. The fourth-order valence-corrected chi connectivity index (χ4v) is 4.42. The molecular weight excluding hydrogens is 183 g/mol. The van der Waals surface area contributed by atoms with Crippen LogP contribution in [0.15, 0.2) is 12.2 Å². The van der Waals surface area contributed by atoms with E-state index in [4.69, 9.17) is 0 Å². The first-order valence-corrected chi connectivity index (χ1v) is 6.91. The van der Waals surface area contributed by atoms with Gasteiger partial charge in [-0.15, -0.1) is 0 Å². The Kier molecular flexibility index (Phi) is 2.59. The largest absolute Gasteiger partial charge is 0.306 e. The number of hydrogen-bond acceptors (Lipinski definition) is 2. The molecular formula is C9H17N2OP. The van der Waals surface area contributed by atoms with Crippen molar-refractivity contribution in [2.45, 2.75) is 0 Å². The molecule has 0 aromatic heterocycles. The van der Waals surface area contributed by atoms with Crippen LogP contribution in [-0.4, -0.2) is 55.1 Å². The third kappa shape index (κ3) is 1.88. The van der Waals surface area contributed by atoms with Crippen molar-refractivity contribution in [3.05, 3.63) is 12.2 Å². The Morgan fingerprint density at radius 3 is 2.15 bits per heavy atom. The fraction of sp³-hybridized carbons (Fsp3) is 0.778. The molecule has 2 rings (SSSR count). The Morgan fingerprint density at radius 1 is 1.08 bits per heavy atom. The fourth-order valence-electron chi connectivity index (χ4n) is 1.94. The Bertz CT molecular complexity index is 244. The topological polar surface area (TPSA) is 23.6 Å². The van der Waals surface area contributed by atoms with Crippen LogP contribution in [0.2, 0.25) is 0 Å². The number of piperazine rings is 1. The molecule has 0 saturated carbocycles. The van der Waals surface area contributed by atoms with E-state index >= 15 is 0 Å². The third-order valence-corrected chi connectivity index (χ3v) is 5.94. The normalized spacial score (nSPS) is 29.6. The second-order valence-electron chi connectivity index (χ2n) is 3.94. The summed E-state index contributed by atoms with van der Waals surface area (Å²) in [5.41, 5.74) is 0. The van der Waals surface area contributed by atoms with Gasteiger partial charge in [-0.2, -0.15) is 0 Å². The van der Waals surface area contributed by atoms with Gasteiger partial charge < -0.3 is 9.46 Å². The predicted molar refractivity (Wildman–Crippen MR) is 55.6 cm³/mol. The maximum Gasteiger partial charge on any atom is 0.157 e. The van der Waals surface area contributed by atoms with Crippen LogP contribution in [0.4, 0.5) is 0 Å². The molecule has 0 N–H and O–H groups in total. The molecule has 2 aliphatic heterocycles. The van der Waals surface area contributed by atoms with Gasteiger partial charge >= 0.3 is 0 Å². The van der Waals surface area contributed by atoms with Crippen LogP contribution in [0.3, 0.4) is 0 Å². The second-order valence-corrected chi connectivity index (χ2v) is 6.93. The molecule has 0 bridgehead atoms. The van der Waals surface area contributed by atoms with Gasteiger partial charge in [0.15, 0.2) is 7.29 Å². The maximum absolute atomic E-state index is 12.3. The number of allylic oxidation sites excluding steroid dienone is 2. The summed E-state index contributed by atoms with van der Waals surface area (Å²) < 4.78 is 14.5. The maximum atomic E-state index is 12.3. The van der Waals surface area contributed by atoms with E-state index in [0.29, 0.717) is 0 Å². The lowest BCUT2D eigenvalue weighted by molar-refractivity contribution is 0.221. The number of hydrogen-bond donors (Lipinski definition) is 0. The van der Waals surface area contributed by atoms with E-state index in [1.165, 1.54) is 0 Å². The van der Waals surface area contributed by atoms with E-state index in [-0.39, 0.29) is 0 Å². The van der Waals surface area contributed by atoms with Gasteiger partial charge in [-0.05, 0) is 7.05 Å². The third-order valence-electron chi connectivity index (χ3n) is 2.94. The zero-order chi connectivity index (χ0) is 9.31. The van der Waals surface area contributed by atoms with Crippen LogP contribution >= 0.6 is 7.29 Å². The summed E-state index contributed by atoms with van der Waals surface area (Å²) in [5.74, 6) is 0. The summed E-state index contributed by atoms with van der Waals surface area (Å²) in [6.45, 7) is 4.08. The molecule has 0 spiro atoms. The van der Waals surface area contributed by atoms with Crippen molar-refractivity contribution in [1.29, 1.82) is 0 Å². The average Bonchev–Trinajstić information content (AvgIpc) is 2.54. The first kappa shape index (κ1) is 9.45. The van der Waals surface area contributed by atoms with Crippen molar-refractivity contribution >= 4 is 7.29 Å². The minimum atomic E-state index is -1.98. The van der Waals surface area contributed by atoms with Crippen molar-refractivity contribution in [2.75, 3.05) is 45.6 Å². The highest BCUT2D eigenvalue weighted by atomic mass is 31.2. The first-order chi connectivity index (χ1) is 6.21. The molecule has 4 heteroatoms. The summed E-state index contributed by atoms with van der Waals surface area (Å²) in [7, 11) is 0.149. The summed E-state index contributed by atoms with van der Waals surface area (Å²) in [6.07, 6.45) is 5.74. The van der Waals surface area contributed by atoms with Crippen molar-refractivity contribution in [1.82, 2.24) is 9.57 Å². The Hall–Kier alpha value is -0.110. The highest BCUT2D eigenvalue weighted by Gasteiger charge is 2.32. The molecule has 2 aliphatic rings. The van der Waals surface area contributed by atoms with Crippen LogP contribution in [-0.2, 0) is 4.57 Å². The van der Waals surface area contributed by atoms with E-state index in [9.17, 15) is 4.57 Å². The molecule has 13 heavy (non-hydrogen) atoms. The van der Waals surface area contributed by atoms with Gasteiger partial charge in [-0.1, -0.05) is 12.2 Å². The number of likely N-dealkylation sites (N-methyl/N-ethyl adjacent to an activating group) is 1. The van der Waals surface area contributed by atoms with Crippen molar-refractivity contribution in [3.63, 3.8) is 0 Å². The Labute approximate surface area is 79.8 Å². The molecule has 0 aromatic rings. The van der Waals surface area contributed by atoms with Crippen LogP contribution < -0.4 is 0 Å². The monoisotopic (exact) mass is 200 g/mol. The van der Waals surface area contributed by atoms with Crippen LogP contribution in [0.1, 0.15) is 0 Å². The minimum Gasteiger partial charge on any atom is -0.306 e. The highest BCUT2D eigenvalue weighted by Crippen LogP contribution is 2.52. The summed E-state index contributed by atoms with van der Waals surface area (Å²) in [6, 6.07) is 0. The van der Waals surface area contributed by atoms with E-state index in [1.807, 2.05) is 0 Å². The SMILES string of the molecule is CN1CCN(P2(=O)CC=CC2)CC1. The van der Waals surface area contributed by atoms with E-state index in [2.05, 4.69) is 28.8 Å². The van der Waals surface area contributed by atoms with Crippen molar-refractivity contribution in [3.8, 4) is 0 Å². The van der Waals surface area contributed by atoms with E-state index in [0.717, 1.165) is 38.5 Å². The minimum absolute atomic E-state index is 0.802. The molecule has 0 unspecified atom stereocenters. The molecule has 74 valence electrons. The molecule has 0 atom stereocenters. The van der Waals surface area contributed by atoms with Crippen LogP contribution in [0, 0.1) is 0 Å². The van der Waals surface area contributed by atoms with Crippen LogP contribution in [0.25, 0.3) is 0 Å². The van der Waals surface area contributed by atoms with Gasteiger partial charge in [-0.3, -0.25) is 4.67 Å². The van der Waals surface area contributed by atoms with Gasteiger partial charge in [0.25, 0.3) is 0 Å². The smallest absolute Gasteiger partial charge is 0.157 e.